The number of hydrogen-bond acceptors (Lipinski definition) is 3. The van der Waals surface area contributed by atoms with Gasteiger partial charge in [-0.1, -0.05) is 12.8 Å². The normalized spacial score (nSPS) is 40.9. The predicted molar refractivity (Wildman–Crippen MR) is 64.2 cm³/mol. The van der Waals surface area contributed by atoms with Gasteiger partial charge in [-0.25, -0.2) is 0 Å². The Labute approximate surface area is 98.2 Å². The topological polar surface area (TPSA) is 52.5 Å². The lowest BCUT2D eigenvalue weighted by molar-refractivity contribution is 0.0796. The molecule has 0 aromatic carbocycles. The van der Waals surface area contributed by atoms with Crippen molar-refractivity contribution in [2.24, 2.45) is 5.92 Å². The van der Waals surface area contributed by atoms with E-state index in [0.717, 1.165) is 45.1 Å². The van der Waals surface area contributed by atoms with Crippen LogP contribution in [0.3, 0.4) is 0 Å². The van der Waals surface area contributed by atoms with E-state index >= 15 is 0 Å². The van der Waals surface area contributed by atoms with Crippen molar-refractivity contribution in [3.05, 3.63) is 0 Å². The lowest BCUT2D eigenvalue weighted by Gasteiger charge is -2.32. The highest BCUT2D eigenvalue weighted by molar-refractivity contribution is 4.82. The number of aliphatic hydroxyl groups excluding tert-OH is 2. The first-order chi connectivity index (χ1) is 7.75. The molecular formula is C13H25NO2. The van der Waals surface area contributed by atoms with Gasteiger partial charge in [0.2, 0.25) is 0 Å². The van der Waals surface area contributed by atoms with Crippen molar-refractivity contribution in [1.82, 2.24) is 5.32 Å². The minimum absolute atomic E-state index is 0.0588. The summed E-state index contributed by atoms with van der Waals surface area (Å²) in [6.45, 7) is 1.02. The Morgan fingerprint density at radius 1 is 0.875 bits per heavy atom. The average Bonchev–Trinajstić information content (AvgIpc) is 2.30. The van der Waals surface area contributed by atoms with Crippen LogP contribution in [0.1, 0.15) is 51.4 Å². The van der Waals surface area contributed by atoms with Gasteiger partial charge in [-0.3, -0.25) is 0 Å². The zero-order chi connectivity index (χ0) is 11.4. The van der Waals surface area contributed by atoms with Crippen molar-refractivity contribution in [1.29, 1.82) is 0 Å². The van der Waals surface area contributed by atoms with Gasteiger partial charge >= 0.3 is 0 Å². The van der Waals surface area contributed by atoms with Crippen LogP contribution in [-0.4, -0.2) is 35.0 Å². The van der Waals surface area contributed by atoms with E-state index < -0.39 is 0 Å². The van der Waals surface area contributed by atoms with Crippen molar-refractivity contribution >= 4 is 0 Å². The van der Waals surface area contributed by atoms with E-state index in [1.165, 1.54) is 12.8 Å². The van der Waals surface area contributed by atoms with Gasteiger partial charge in [0.15, 0.2) is 0 Å². The van der Waals surface area contributed by atoms with Crippen LogP contribution in [0, 0.1) is 5.92 Å². The summed E-state index contributed by atoms with van der Waals surface area (Å²) in [6.07, 6.45) is 8.50. The highest BCUT2D eigenvalue weighted by atomic mass is 16.3. The third-order valence-electron chi connectivity index (χ3n) is 4.21. The zero-order valence-electron chi connectivity index (χ0n) is 10.1. The SMILES string of the molecule is OC1CCC(CNC2CCCCC2O)CC1. The maximum absolute atomic E-state index is 9.84. The second-order valence-electron chi connectivity index (χ2n) is 5.54. The highest BCUT2D eigenvalue weighted by Crippen LogP contribution is 2.24. The molecule has 2 saturated carbocycles. The Morgan fingerprint density at radius 2 is 1.56 bits per heavy atom. The Hall–Kier alpha value is -0.120. The maximum atomic E-state index is 9.84. The average molecular weight is 227 g/mol. The molecule has 0 aliphatic heterocycles. The maximum Gasteiger partial charge on any atom is 0.0693 e. The molecule has 2 unspecified atom stereocenters. The third-order valence-corrected chi connectivity index (χ3v) is 4.21. The minimum atomic E-state index is -0.136. The van der Waals surface area contributed by atoms with Gasteiger partial charge < -0.3 is 15.5 Å². The number of nitrogens with one attached hydrogen (secondary N) is 1. The van der Waals surface area contributed by atoms with E-state index in [1.807, 2.05) is 0 Å². The Bertz CT molecular complexity index is 202. The van der Waals surface area contributed by atoms with Gasteiger partial charge in [0.1, 0.15) is 0 Å². The molecule has 2 aliphatic rings. The molecule has 3 N–H and O–H groups in total. The molecule has 0 amide bonds. The first kappa shape index (κ1) is 12.3. The lowest BCUT2D eigenvalue weighted by atomic mass is 9.86. The molecule has 16 heavy (non-hydrogen) atoms. The Balaban J connectivity index is 1.66. The fraction of sp³-hybridized carbons (Fsp3) is 1.00. The van der Waals surface area contributed by atoms with E-state index in [-0.39, 0.29) is 12.2 Å². The smallest absolute Gasteiger partial charge is 0.0693 e. The quantitative estimate of drug-likeness (QED) is 0.683. The van der Waals surface area contributed by atoms with Crippen LogP contribution in [0.4, 0.5) is 0 Å². The van der Waals surface area contributed by atoms with Crippen LogP contribution < -0.4 is 5.32 Å². The minimum Gasteiger partial charge on any atom is -0.393 e. The van der Waals surface area contributed by atoms with E-state index in [2.05, 4.69) is 5.32 Å². The second kappa shape index (κ2) is 5.99. The molecule has 2 atom stereocenters. The van der Waals surface area contributed by atoms with E-state index in [9.17, 15) is 10.2 Å². The van der Waals surface area contributed by atoms with Crippen molar-refractivity contribution in [3.63, 3.8) is 0 Å². The second-order valence-corrected chi connectivity index (χ2v) is 5.54. The molecule has 2 rings (SSSR count). The summed E-state index contributed by atoms with van der Waals surface area (Å²) < 4.78 is 0. The molecule has 94 valence electrons. The number of aliphatic hydroxyl groups is 2. The molecule has 0 aromatic heterocycles. The standard InChI is InChI=1S/C13H25NO2/c15-11-7-5-10(6-8-11)9-14-12-3-1-2-4-13(12)16/h10-16H,1-9H2. The molecule has 3 nitrogen and oxygen atoms in total. The van der Waals surface area contributed by atoms with Gasteiger partial charge in [-0.2, -0.15) is 0 Å². The first-order valence-corrected chi connectivity index (χ1v) is 6.85. The van der Waals surface area contributed by atoms with Gasteiger partial charge in [-0.15, -0.1) is 0 Å². The monoisotopic (exact) mass is 227 g/mol. The summed E-state index contributed by atoms with van der Waals surface area (Å²) in [6, 6.07) is 0.320. The van der Waals surface area contributed by atoms with Gasteiger partial charge in [0.05, 0.1) is 12.2 Å². The van der Waals surface area contributed by atoms with E-state index in [0.29, 0.717) is 12.0 Å². The molecule has 0 spiro atoms. The number of rotatable bonds is 3. The van der Waals surface area contributed by atoms with Crippen molar-refractivity contribution in [2.75, 3.05) is 6.54 Å². The van der Waals surface area contributed by atoms with Crippen molar-refractivity contribution in [3.8, 4) is 0 Å². The molecule has 0 bridgehead atoms. The molecule has 0 radical (unpaired) electrons. The van der Waals surface area contributed by atoms with Gasteiger partial charge in [-0.05, 0) is 51.0 Å². The molecule has 3 heteroatoms. The molecule has 0 aromatic rings. The number of hydrogen-bond donors (Lipinski definition) is 3. The molecular weight excluding hydrogens is 202 g/mol. The predicted octanol–water partition coefficient (Wildman–Crippen LogP) is 1.43. The van der Waals surface area contributed by atoms with Crippen molar-refractivity contribution in [2.45, 2.75) is 69.6 Å². The lowest BCUT2D eigenvalue weighted by Crippen LogP contribution is -2.44. The zero-order valence-corrected chi connectivity index (χ0v) is 10.1. The first-order valence-electron chi connectivity index (χ1n) is 6.85. The van der Waals surface area contributed by atoms with Crippen LogP contribution in [0.5, 0.6) is 0 Å². The highest BCUT2D eigenvalue weighted by Gasteiger charge is 2.24. The summed E-state index contributed by atoms with van der Waals surface area (Å²) in [7, 11) is 0. The molecule has 0 saturated heterocycles. The Kier molecular flexibility index (Phi) is 4.62. The van der Waals surface area contributed by atoms with Gasteiger partial charge in [0.25, 0.3) is 0 Å². The van der Waals surface area contributed by atoms with Crippen LogP contribution >= 0.6 is 0 Å². The van der Waals surface area contributed by atoms with Crippen LogP contribution in [0.2, 0.25) is 0 Å². The van der Waals surface area contributed by atoms with E-state index in [1.54, 1.807) is 0 Å². The summed E-state index contributed by atoms with van der Waals surface area (Å²) in [4.78, 5) is 0. The summed E-state index contributed by atoms with van der Waals surface area (Å²) >= 11 is 0. The molecule has 0 heterocycles. The Morgan fingerprint density at radius 3 is 2.25 bits per heavy atom. The third kappa shape index (κ3) is 3.44. The van der Waals surface area contributed by atoms with Gasteiger partial charge in [0, 0.05) is 6.04 Å². The van der Waals surface area contributed by atoms with E-state index in [4.69, 9.17) is 0 Å². The fourth-order valence-electron chi connectivity index (χ4n) is 3.02. The van der Waals surface area contributed by atoms with Crippen LogP contribution in [-0.2, 0) is 0 Å². The summed E-state index contributed by atoms with van der Waals surface area (Å²) in [5, 5.41) is 22.8. The molecule has 2 fully saturated rings. The van der Waals surface area contributed by atoms with Crippen LogP contribution in [0.25, 0.3) is 0 Å². The molecule has 2 aliphatic carbocycles. The fourth-order valence-corrected chi connectivity index (χ4v) is 3.02. The van der Waals surface area contributed by atoms with Crippen molar-refractivity contribution < 1.29 is 10.2 Å². The summed E-state index contributed by atoms with van der Waals surface area (Å²) in [5.74, 6) is 0.706. The summed E-state index contributed by atoms with van der Waals surface area (Å²) in [5.41, 5.74) is 0. The van der Waals surface area contributed by atoms with Crippen LogP contribution in [0.15, 0.2) is 0 Å². The largest absolute Gasteiger partial charge is 0.393 e.